The lowest BCUT2D eigenvalue weighted by atomic mass is 9.98. The fourth-order valence-electron chi connectivity index (χ4n) is 3.55. The van der Waals surface area contributed by atoms with Crippen molar-refractivity contribution in [2.75, 3.05) is 31.9 Å². The third-order valence-electron chi connectivity index (χ3n) is 4.94. The standard InChI is InChI=1S/C15H29N3O3S/c1-13(17-8-4-2-3-5-9-17)15(19)18-10-6-14(7-11-18)12-22(16,20)21/h13-14H,2-12H2,1H3,(H2,16,20,21). The number of carbonyl (C=O) groups is 1. The summed E-state index contributed by atoms with van der Waals surface area (Å²) < 4.78 is 22.3. The fourth-order valence-corrected chi connectivity index (χ4v) is 4.54. The smallest absolute Gasteiger partial charge is 0.239 e. The molecule has 7 heteroatoms. The zero-order valence-corrected chi connectivity index (χ0v) is 14.4. The summed E-state index contributed by atoms with van der Waals surface area (Å²) in [6, 6.07) is -0.0621. The zero-order valence-electron chi connectivity index (χ0n) is 13.5. The van der Waals surface area contributed by atoms with Crippen LogP contribution in [0.15, 0.2) is 0 Å². The largest absolute Gasteiger partial charge is 0.341 e. The lowest BCUT2D eigenvalue weighted by Gasteiger charge is -2.36. The Morgan fingerprint density at radius 2 is 1.64 bits per heavy atom. The summed E-state index contributed by atoms with van der Waals surface area (Å²) in [7, 11) is -3.41. The monoisotopic (exact) mass is 331 g/mol. The normalized spacial score (nSPS) is 24.0. The number of nitrogens with two attached hydrogens (primary N) is 1. The van der Waals surface area contributed by atoms with Crippen molar-refractivity contribution in [2.24, 2.45) is 11.1 Å². The molecule has 0 spiro atoms. The second-order valence-corrected chi connectivity index (χ2v) is 8.38. The summed E-state index contributed by atoms with van der Waals surface area (Å²) in [6.45, 7) is 5.32. The maximum atomic E-state index is 12.6. The van der Waals surface area contributed by atoms with Crippen molar-refractivity contribution in [1.82, 2.24) is 9.80 Å². The summed E-state index contributed by atoms with van der Waals surface area (Å²) in [5, 5.41) is 5.11. The Bertz CT molecular complexity index is 464. The van der Waals surface area contributed by atoms with Gasteiger partial charge in [0.2, 0.25) is 15.9 Å². The second-order valence-electron chi connectivity index (χ2n) is 6.72. The van der Waals surface area contributed by atoms with Crippen molar-refractivity contribution in [2.45, 2.75) is 51.5 Å². The van der Waals surface area contributed by atoms with Crippen molar-refractivity contribution in [3.63, 3.8) is 0 Å². The van der Waals surface area contributed by atoms with E-state index in [2.05, 4.69) is 4.90 Å². The molecular weight excluding hydrogens is 302 g/mol. The molecule has 0 radical (unpaired) electrons. The van der Waals surface area contributed by atoms with Crippen LogP contribution in [0.4, 0.5) is 0 Å². The summed E-state index contributed by atoms with van der Waals surface area (Å²) in [5.41, 5.74) is 0. The van der Waals surface area contributed by atoms with Crippen LogP contribution in [0.1, 0.15) is 45.4 Å². The van der Waals surface area contributed by atoms with Crippen LogP contribution in [0.5, 0.6) is 0 Å². The van der Waals surface area contributed by atoms with Gasteiger partial charge in [-0.15, -0.1) is 0 Å². The highest BCUT2D eigenvalue weighted by Crippen LogP contribution is 2.20. The minimum absolute atomic E-state index is 0.0384. The molecule has 22 heavy (non-hydrogen) atoms. The molecule has 6 nitrogen and oxygen atoms in total. The van der Waals surface area contributed by atoms with Crippen molar-refractivity contribution in [1.29, 1.82) is 0 Å². The first kappa shape index (κ1) is 17.7. The molecule has 0 aromatic carbocycles. The molecule has 1 atom stereocenters. The lowest BCUT2D eigenvalue weighted by Crippen LogP contribution is -2.50. The Balaban J connectivity index is 1.83. The molecule has 0 aromatic heterocycles. The van der Waals surface area contributed by atoms with Gasteiger partial charge in [0.1, 0.15) is 0 Å². The van der Waals surface area contributed by atoms with Crippen LogP contribution in [-0.2, 0) is 14.8 Å². The van der Waals surface area contributed by atoms with Crippen LogP contribution >= 0.6 is 0 Å². The average molecular weight is 331 g/mol. The first-order valence-corrected chi connectivity index (χ1v) is 10.1. The van der Waals surface area contributed by atoms with E-state index >= 15 is 0 Å². The van der Waals surface area contributed by atoms with Gasteiger partial charge < -0.3 is 4.90 Å². The first-order chi connectivity index (χ1) is 10.4. The van der Waals surface area contributed by atoms with E-state index < -0.39 is 10.0 Å². The highest BCUT2D eigenvalue weighted by atomic mass is 32.2. The third-order valence-corrected chi connectivity index (χ3v) is 5.88. The van der Waals surface area contributed by atoms with E-state index in [-0.39, 0.29) is 23.6 Å². The van der Waals surface area contributed by atoms with Gasteiger partial charge in [-0.1, -0.05) is 12.8 Å². The summed E-state index contributed by atoms with van der Waals surface area (Å²) in [4.78, 5) is 16.8. The number of primary sulfonamides is 1. The molecule has 0 aromatic rings. The number of carbonyl (C=O) groups excluding carboxylic acids is 1. The Labute approximate surface area is 134 Å². The number of sulfonamides is 1. The molecule has 2 saturated heterocycles. The van der Waals surface area contributed by atoms with Crippen LogP contribution < -0.4 is 5.14 Å². The molecule has 2 heterocycles. The van der Waals surface area contributed by atoms with Gasteiger partial charge in [0.25, 0.3) is 0 Å². The number of rotatable bonds is 4. The lowest BCUT2D eigenvalue weighted by molar-refractivity contribution is -0.137. The van der Waals surface area contributed by atoms with E-state index in [0.29, 0.717) is 13.1 Å². The predicted octanol–water partition coefficient (Wildman–Crippen LogP) is 0.778. The van der Waals surface area contributed by atoms with Gasteiger partial charge in [0.05, 0.1) is 11.8 Å². The summed E-state index contributed by atoms with van der Waals surface area (Å²) in [5.74, 6) is 0.319. The topological polar surface area (TPSA) is 83.7 Å². The highest BCUT2D eigenvalue weighted by molar-refractivity contribution is 7.89. The number of hydrogen-bond donors (Lipinski definition) is 1. The zero-order chi connectivity index (χ0) is 16.2. The summed E-state index contributed by atoms with van der Waals surface area (Å²) in [6.07, 6.45) is 6.33. The summed E-state index contributed by atoms with van der Waals surface area (Å²) >= 11 is 0. The minimum Gasteiger partial charge on any atom is -0.341 e. The molecule has 128 valence electrons. The van der Waals surface area contributed by atoms with E-state index in [0.717, 1.165) is 25.9 Å². The van der Waals surface area contributed by atoms with Gasteiger partial charge in [-0.25, -0.2) is 13.6 Å². The van der Waals surface area contributed by atoms with Crippen molar-refractivity contribution in [3.8, 4) is 0 Å². The minimum atomic E-state index is -3.41. The van der Waals surface area contributed by atoms with E-state index in [1.165, 1.54) is 25.7 Å². The maximum absolute atomic E-state index is 12.6. The molecule has 1 unspecified atom stereocenters. The van der Waals surface area contributed by atoms with Gasteiger partial charge in [0.15, 0.2) is 0 Å². The second kappa shape index (κ2) is 7.75. The van der Waals surface area contributed by atoms with Gasteiger partial charge in [-0.05, 0) is 51.6 Å². The third kappa shape index (κ3) is 5.21. The Hall–Kier alpha value is -0.660. The quantitative estimate of drug-likeness (QED) is 0.825. The molecular formula is C15H29N3O3S. The molecule has 0 bridgehead atoms. The first-order valence-electron chi connectivity index (χ1n) is 8.40. The molecule has 2 aliphatic rings. The average Bonchev–Trinajstić information content (AvgIpc) is 2.74. The van der Waals surface area contributed by atoms with Crippen molar-refractivity contribution in [3.05, 3.63) is 0 Å². The van der Waals surface area contributed by atoms with Gasteiger partial charge >= 0.3 is 0 Å². The highest BCUT2D eigenvalue weighted by Gasteiger charge is 2.30. The van der Waals surface area contributed by atoms with E-state index in [1.807, 2.05) is 11.8 Å². The van der Waals surface area contributed by atoms with E-state index in [1.54, 1.807) is 0 Å². The maximum Gasteiger partial charge on any atom is 0.239 e. The number of likely N-dealkylation sites (tertiary alicyclic amines) is 2. The van der Waals surface area contributed by atoms with Crippen LogP contribution in [0.25, 0.3) is 0 Å². The van der Waals surface area contributed by atoms with Crippen molar-refractivity contribution < 1.29 is 13.2 Å². The van der Waals surface area contributed by atoms with E-state index in [4.69, 9.17) is 5.14 Å². The number of piperidine rings is 1. The molecule has 0 aliphatic carbocycles. The Morgan fingerprint density at radius 1 is 1.09 bits per heavy atom. The Kier molecular flexibility index (Phi) is 6.23. The van der Waals surface area contributed by atoms with Gasteiger partial charge in [-0.2, -0.15) is 0 Å². The van der Waals surface area contributed by atoms with Crippen LogP contribution in [-0.4, -0.2) is 62.1 Å². The number of nitrogens with zero attached hydrogens (tertiary/aromatic N) is 2. The van der Waals surface area contributed by atoms with Gasteiger partial charge in [0, 0.05) is 13.1 Å². The molecule has 2 rings (SSSR count). The molecule has 2 fully saturated rings. The number of amides is 1. The van der Waals surface area contributed by atoms with Crippen LogP contribution in [0.3, 0.4) is 0 Å². The predicted molar refractivity (Wildman–Crippen MR) is 86.8 cm³/mol. The molecule has 1 amide bonds. The van der Waals surface area contributed by atoms with Crippen molar-refractivity contribution >= 4 is 15.9 Å². The van der Waals surface area contributed by atoms with E-state index in [9.17, 15) is 13.2 Å². The molecule has 0 saturated carbocycles. The fraction of sp³-hybridized carbons (Fsp3) is 0.933. The SMILES string of the molecule is CC(C(=O)N1CCC(CS(N)(=O)=O)CC1)N1CCCCCC1. The van der Waals surface area contributed by atoms with Gasteiger partial charge in [-0.3, -0.25) is 9.69 Å². The van der Waals surface area contributed by atoms with Crippen LogP contribution in [0.2, 0.25) is 0 Å². The number of hydrogen-bond acceptors (Lipinski definition) is 4. The molecule has 2 N–H and O–H groups in total. The molecule has 2 aliphatic heterocycles. The Morgan fingerprint density at radius 3 is 2.14 bits per heavy atom. The van der Waals surface area contributed by atoms with Crippen LogP contribution in [0, 0.1) is 5.92 Å².